The maximum Gasteiger partial charge on any atom is 0.321 e. The fourth-order valence-electron chi connectivity index (χ4n) is 4.16. The predicted molar refractivity (Wildman–Crippen MR) is 117 cm³/mol. The average Bonchev–Trinajstić information content (AvgIpc) is 3.22. The molecule has 6 heteroatoms. The number of nitrogens with zero attached hydrogens (tertiary/aromatic N) is 5. The summed E-state index contributed by atoms with van der Waals surface area (Å²) >= 11 is 0. The maximum absolute atomic E-state index is 5.83. The lowest BCUT2D eigenvalue weighted by molar-refractivity contribution is 0.166. The summed E-state index contributed by atoms with van der Waals surface area (Å²) in [4.78, 5) is 17.7. The molecule has 1 aliphatic rings. The molecule has 1 atom stereocenters. The molecule has 0 unspecified atom stereocenters. The molecular formula is C24H29N5O. The molecule has 0 spiro atoms. The minimum Gasteiger partial charge on any atom is -0.424 e. The van der Waals surface area contributed by atoms with Gasteiger partial charge in [-0.15, -0.1) is 0 Å². The Hall–Kier alpha value is -2.83. The number of hydrogen-bond acceptors (Lipinski definition) is 6. The van der Waals surface area contributed by atoms with Crippen molar-refractivity contribution in [1.29, 1.82) is 0 Å². The second-order valence-electron chi connectivity index (χ2n) is 7.74. The van der Waals surface area contributed by atoms with E-state index < -0.39 is 0 Å². The molecule has 0 bridgehead atoms. The summed E-state index contributed by atoms with van der Waals surface area (Å²) in [5.41, 5.74) is 2.46. The number of benzene rings is 1. The van der Waals surface area contributed by atoms with E-state index in [1.54, 1.807) is 18.5 Å². The van der Waals surface area contributed by atoms with Gasteiger partial charge in [-0.25, -0.2) is 9.97 Å². The molecule has 3 heterocycles. The fraction of sp³-hybridized carbons (Fsp3) is 0.375. The molecule has 2 aromatic heterocycles. The largest absolute Gasteiger partial charge is 0.424 e. The first kappa shape index (κ1) is 20.4. The molecule has 30 heavy (non-hydrogen) atoms. The molecule has 1 saturated heterocycles. The van der Waals surface area contributed by atoms with Crippen LogP contribution >= 0.6 is 0 Å². The predicted octanol–water partition coefficient (Wildman–Crippen LogP) is 4.15. The zero-order valence-corrected chi connectivity index (χ0v) is 17.5. The highest BCUT2D eigenvalue weighted by molar-refractivity contribution is 5.30. The molecule has 0 N–H and O–H groups in total. The quantitative estimate of drug-likeness (QED) is 0.535. The number of aromatic nitrogens is 3. The molecule has 1 aliphatic heterocycles. The number of pyridine rings is 1. The van der Waals surface area contributed by atoms with Crippen molar-refractivity contribution in [3.05, 3.63) is 78.4 Å². The van der Waals surface area contributed by atoms with Crippen LogP contribution in [0.15, 0.2) is 67.3 Å². The van der Waals surface area contributed by atoms with Crippen molar-refractivity contribution in [3.63, 3.8) is 0 Å². The molecule has 1 fully saturated rings. The van der Waals surface area contributed by atoms with Crippen molar-refractivity contribution in [2.45, 2.75) is 38.9 Å². The van der Waals surface area contributed by atoms with Gasteiger partial charge in [0.2, 0.25) is 0 Å². The van der Waals surface area contributed by atoms with Gasteiger partial charge in [0.15, 0.2) is 0 Å². The zero-order chi connectivity index (χ0) is 20.6. The first-order valence-electron chi connectivity index (χ1n) is 10.7. The van der Waals surface area contributed by atoms with Gasteiger partial charge < -0.3 is 4.74 Å². The van der Waals surface area contributed by atoms with E-state index in [1.165, 1.54) is 30.5 Å². The lowest BCUT2D eigenvalue weighted by Crippen LogP contribution is -2.39. The highest BCUT2D eigenvalue weighted by atomic mass is 16.5. The van der Waals surface area contributed by atoms with E-state index >= 15 is 0 Å². The van der Waals surface area contributed by atoms with E-state index in [4.69, 9.17) is 4.74 Å². The van der Waals surface area contributed by atoms with Gasteiger partial charge in [0.05, 0.1) is 0 Å². The Morgan fingerprint density at radius 3 is 2.67 bits per heavy atom. The number of rotatable bonds is 9. The van der Waals surface area contributed by atoms with Crippen LogP contribution in [0.5, 0.6) is 11.8 Å². The first-order chi connectivity index (χ1) is 14.8. The Morgan fingerprint density at radius 1 is 1.03 bits per heavy atom. The van der Waals surface area contributed by atoms with Gasteiger partial charge in [-0.1, -0.05) is 25.1 Å². The van der Waals surface area contributed by atoms with Crippen molar-refractivity contribution in [2.24, 2.45) is 0 Å². The number of hydrogen-bond donors (Lipinski definition) is 0. The van der Waals surface area contributed by atoms with Crippen LogP contribution in [0.25, 0.3) is 0 Å². The number of likely N-dealkylation sites (N-methyl/N-ethyl adjacent to an activating group) is 1. The van der Waals surface area contributed by atoms with Crippen LogP contribution < -0.4 is 4.74 Å². The molecule has 6 nitrogen and oxygen atoms in total. The SMILES string of the molecule is CCN1CCC[C@H]1CN(Cc1cccnc1)Cc1cccc(Oc2ncccn2)c1. The van der Waals surface area contributed by atoms with Gasteiger partial charge >= 0.3 is 6.01 Å². The summed E-state index contributed by atoms with van der Waals surface area (Å²) in [6, 6.07) is 15.1. The lowest BCUT2D eigenvalue weighted by Gasteiger charge is -2.30. The van der Waals surface area contributed by atoms with Gasteiger partial charge in [0.1, 0.15) is 5.75 Å². The Morgan fingerprint density at radius 2 is 1.87 bits per heavy atom. The molecule has 0 radical (unpaired) electrons. The van der Waals surface area contributed by atoms with Gasteiger partial charge in [0.25, 0.3) is 0 Å². The van der Waals surface area contributed by atoms with Crippen LogP contribution in [-0.2, 0) is 13.1 Å². The monoisotopic (exact) mass is 403 g/mol. The van der Waals surface area contributed by atoms with Crippen LogP contribution in [-0.4, -0.2) is 50.4 Å². The summed E-state index contributed by atoms with van der Waals surface area (Å²) in [5, 5.41) is 0. The second kappa shape index (κ2) is 10.3. The molecule has 156 valence electrons. The van der Waals surface area contributed by atoms with Gasteiger partial charge in [0, 0.05) is 50.5 Å². The van der Waals surface area contributed by atoms with Gasteiger partial charge in [-0.3, -0.25) is 14.8 Å². The maximum atomic E-state index is 5.83. The standard InChI is InChI=1S/C24H29N5O/c1-2-29-14-5-9-22(29)19-28(18-21-8-4-11-25-16-21)17-20-7-3-10-23(15-20)30-24-26-12-6-13-27-24/h3-4,6-8,10-13,15-16,22H,2,5,9,14,17-19H2,1H3/t22-/m0/s1. The number of ether oxygens (including phenoxy) is 1. The molecule has 4 rings (SSSR count). The van der Waals surface area contributed by atoms with Crippen LogP contribution in [0.4, 0.5) is 0 Å². The highest BCUT2D eigenvalue weighted by Crippen LogP contribution is 2.22. The molecule has 1 aromatic carbocycles. The minimum absolute atomic E-state index is 0.367. The van der Waals surface area contributed by atoms with Gasteiger partial charge in [-0.2, -0.15) is 0 Å². The summed E-state index contributed by atoms with van der Waals surface area (Å²) in [5.74, 6) is 0.760. The summed E-state index contributed by atoms with van der Waals surface area (Å²) in [6.45, 7) is 7.38. The molecular weight excluding hydrogens is 374 g/mol. The van der Waals surface area contributed by atoms with E-state index in [9.17, 15) is 0 Å². The van der Waals surface area contributed by atoms with Crippen LogP contribution in [0.1, 0.15) is 30.9 Å². The molecule has 0 aliphatic carbocycles. The Kier molecular flexibility index (Phi) is 7.00. The first-order valence-corrected chi connectivity index (χ1v) is 10.7. The van der Waals surface area contributed by atoms with Crippen LogP contribution in [0.2, 0.25) is 0 Å². The van der Waals surface area contributed by atoms with E-state index in [-0.39, 0.29) is 0 Å². The van der Waals surface area contributed by atoms with E-state index in [0.717, 1.165) is 31.9 Å². The summed E-state index contributed by atoms with van der Waals surface area (Å²) in [7, 11) is 0. The Labute approximate surface area is 178 Å². The summed E-state index contributed by atoms with van der Waals surface area (Å²) < 4.78 is 5.83. The third kappa shape index (κ3) is 5.62. The molecule has 0 amide bonds. The zero-order valence-electron chi connectivity index (χ0n) is 17.5. The topological polar surface area (TPSA) is 54.4 Å². The smallest absolute Gasteiger partial charge is 0.321 e. The fourth-order valence-corrected chi connectivity index (χ4v) is 4.16. The summed E-state index contributed by atoms with van der Waals surface area (Å²) in [6.07, 6.45) is 9.72. The van der Waals surface area contributed by atoms with Crippen LogP contribution in [0, 0.1) is 0 Å². The van der Waals surface area contributed by atoms with Crippen molar-refractivity contribution in [2.75, 3.05) is 19.6 Å². The lowest BCUT2D eigenvalue weighted by atomic mass is 10.1. The molecule has 0 saturated carbocycles. The van der Waals surface area contributed by atoms with Crippen molar-refractivity contribution >= 4 is 0 Å². The molecule has 3 aromatic rings. The van der Waals surface area contributed by atoms with Crippen LogP contribution in [0.3, 0.4) is 0 Å². The Bertz CT molecular complexity index is 906. The second-order valence-corrected chi connectivity index (χ2v) is 7.74. The van der Waals surface area contributed by atoms with E-state index in [1.807, 2.05) is 30.6 Å². The van der Waals surface area contributed by atoms with Crippen molar-refractivity contribution in [1.82, 2.24) is 24.8 Å². The third-order valence-electron chi connectivity index (χ3n) is 5.56. The highest BCUT2D eigenvalue weighted by Gasteiger charge is 2.25. The van der Waals surface area contributed by atoms with Crippen molar-refractivity contribution < 1.29 is 4.74 Å². The average molecular weight is 404 g/mol. The van der Waals surface area contributed by atoms with Crippen molar-refractivity contribution in [3.8, 4) is 11.8 Å². The normalized spacial score (nSPS) is 16.8. The Balaban J connectivity index is 1.48. The number of likely N-dealkylation sites (tertiary alicyclic amines) is 1. The van der Waals surface area contributed by atoms with E-state index in [0.29, 0.717) is 12.1 Å². The van der Waals surface area contributed by atoms with Gasteiger partial charge in [-0.05, 0) is 61.3 Å². The minimum atomic E-state index is 0.367. The third-order valence-corrected chi connectivity index (χ3v) is 5.56. The van der Waals surface area contributed by atoms with E-state index in [2.05, 4.69) is 49.9 Å².